The van der Waals surface area contributed by atoms with Gasteiger partial charge in [-0.3, -0.25) is 0 Å². The summed E-state index contributed by atoms with van der Waals surface area (Å²) in [6.45, 7) is 1.98. The van der Waals surface area contributed by atoms with Crippen molar-refractivity contribution in [1.29, 1.82) is 0 Å². The number of nitrogens with zero attached hydrogens (tertiary/aromatic N) is 1. The fourth-order valence-corrected chi connectivity index (χ4v) is 4.73. The number of hydrogen-bond acceptors (Lipinski definition) is 6. The van der Waals surface area contributed by atoms with Crippen molar-refractivity contribution in [3.8, 4) is 17.4 Å². The molecule has 2 aromatic rings. The normalized spacial score (nSPS) is 19.8. The van der Waals surface area contributed by atoms with Gasteiger partial charge in [0.2, 0.25) is 15.9 Å². The van der Waals surface area contributed by atoms with Gasteiger partial charge >= 0.3 is 0 Å². The molecule has 1 aromatic carbocycles. The fraction of sp³-hybridized carbons (Fsp3) is 0.450. The van der Waals surface area contributed by atoms with Crippen LogP contribution in [0.2, 0.25) is 0 Å². The first kappa shape index (κ1) is 20.4. The third-order valence-electron chi connectivity index (χ3n) is 4.83. The van der Waals surface area contributed by atoms with E-state index in [1.807, 2.05) is 19.1 Å². The van der Waals surface area contributed by atoms with Crippen molar-refractivity contribution in [2.24, 2.45) is 0 Å². The fourth-order valence-electron chi connectivity index (χ4n) is 3.27. The number of sulfonamides is 1. The summed E-state index contributed by atoms with van der Waals surface area (Å²) in [5.41, 5.74) is 1.08. The number of ether oxygens (including phenoxy) is 3. The SMILES string of the molecule is COc1ccc(S(=O)(=O)NC2CCC(Oc3ccc(C)cn3)CC2)c(OC)c1. The third-order valence-corrected chi connectivity index (χ3v) is 6.39. The lowest BCUT2D eigenvalue weighted by molar-refractivity contribution is 0.138. The lowest BCUT2D eigenvalue weighted by atomic mass is 9.94. The summed E-state index contributed by atoms with van der Waals surface area (Å²) in [4.78, 5) is 4.38. The van der Waals surface area contributed by atoms with Gasteiger partial charge in [-0.25, -0.2) is 18.1 Å². The Kier molecular flexibility index (Phi) is 6.41. The highest BCUT2D eigenvalue weighted by Crippen LogP contribution is 2.30. The van der Waals surface area contributed by atoms with Gasteiger partial charge in [-0.15, -0.1) is 0 Å². The molecular formula is C20H26N2O5S. The molecule has 1 saturated carbocycles. The first-order valence-electron chi connectivity index (χ1n) is 9.25. The average molecular weight is 407 g/mol. The topological polar surface area (TPSA) is 86.8 Å². The van der Waals surface area contributed by atoms with Gasteiger partial charge in [0, 0.05) is 24.4 Å². The molecule has 3 rings (SSSR count). The summed E-state index contributed by atoms with van der Waals surface area (Å²) in [5, 5.41) is 0. The number of benzene rings is 1. The Balaban J connectivity index is 1.60. The molecule has 8 heteroatoms. The van der Waals surface area contributed by atoms with E-state index in [4.69, 9.17) is 14.2 Å². The van der Waals surface area contributed by atoms with E-state index in [-0.39, 0.29) is 22.8 Å². The number of aryl methyl sites for hydroxylation is 1. The highest BCUT2D eigenvalue weighted by atomic mass is 32.2. The molecule has 0 aliphatic heterocycles. The highest BCUT2D eigenvalue weighted by molar-refractivity contribution is 7.89. The van der Waals surface area contributed by atoms with Crippen LogP contribution in [0.1, 0.15) is 31.2 Å². The van der Waals surface area contributed by atoms with Crippen LogP contribution in [0.5, 0.6) is 17.4 Å². The van der Waals surface area contributed by atoms with Crippen molar-refractivity contribution in [2.45, 2.75) is 49.6 Å². The van der Waals surface area contributed by atoms with Gasteiger partial charge in [0.1, 0.15) is 22.5 Å². The predicted molar refractivity (Wildman–Crippen MR) is 106 cm³/mol. The number of methoxy groups -OCH3 is 2. The van der Waals surface area contributed by atoms with Gasteiger partial charge in [-0.05, 0) is 50.3 Å². The zero-order chi connectivity index (χ0) is 20.1. The molecule has 0 atom stereocenters. The minimum atomic E-state index is -3.69. The van der Waals surface area contributed by atoms with Gasteiger partial charge < -0.3 is 14.2 Å². The van der Waals surface area contributed by atoms with Gasteiger partial charge in [-0.2, -0.15) is 0 Å². The molecule has 28 heavy (non-hydrogen) atoms. The zero-order valence-corrected chi connectivity index (χ0v) is 17.2. The highest BCUT2D eigenvalue weighted by Gasteiger charge is 2.28. The van der Waals surface area contributed by atoms with E-state index in [2.05, 4.69) is 9.71 Å². The molecule has 1 aliphatic carbocycles. The summed E-state index contributed by atoms with van der Waals surface area (Å²) in [5.74, 6) is 1.41. The second-order valence-electron chi connectivity index (χ2n) is 6.90. The van der Waals surface area contributed by atoms with Gasteiger partial charge in [0.15, 0.2) is 0 Å². The van der Waals surface area contributed by atoms with Crippen molar-refractivity contribution in [3.05, 3.63) is 42.1 Å². The summed E-state index contributed by atoms with van der Waals surface area (Å²) in [6, 6.07) is 8.36. The van der Waals surface area contributed by atoms with Crippen LogP contribution in [0.15, 0.2) is 41.4 Å². The number of nitrogens with one attached hydrogen (secondary N) is 1. The molecule has 0 bridgehead atoms. The van der Waals surface area contributed by atoms with E-state index < -0.39 is 10.0 Å². The molecule has 0 unspecified atom stereocenters. The van der Waals surface area contributed by atoms with Crippen molar-refractivity contribution < 1.29 is 22.6 Å². The molecule has 152 valence electrons. The molecule has 1 fully saturated rings. The number of rotatable bonds is 7. The maximum atomic E-state index is 12.8. The molecule has 1 N–H and O–H groups in total. The minimum absolute atomic E-state index is 0.0477. The quantitative estimate of drug-likeness (QED) is 0.760. The summed E-state index contributed by atoms with van der Waals surface area (Å²) in [6.07, 6.45) is 4.76. The monoisotopic (exact) mass is 406 g/mol. The summed E-state index contributed by atoms with van der Waals surface area (Å²) in [7, 11) is -0.731. The standard InChI is InChI=1S/C20H26N2O5S/c1-14-4-11-20(21-13-14)27-16-7-5-15(6-8-16)22-28(23,24)19-10-9-17(25-2)12-18(19)26-3/h4,9-13,15-16,22H,5-8H2,1-3H3. The van der Waals surface area contributed by atoms with E-state index in [1.54, 1.807) is 18.3 Å². The number of pyridine rings is 1. The van der Waals surface area contributed by atoms with Gasteiger partial charge in [0.25, 0.3) is 0 Å². The van der Waals surface area contributed by atoms with Crippen LogP contribution in [0.4, 0.5) is 0 Å². The molecule has 7 nitrogen and oxygen atoms in total. The molecule has 1 aromatic heterocycles. The van der Waals surface area contributed by atoms with Crippen LogP contribution in [-0.4, -0.2) is 39.8 Å². The second kappa shape index (κ2) is 8.79. The van der Waals surface area contributed by atoms with Crippen molar-refractivity contribution >= 4 is 10.0 Å². The first-order chi connectivity index (χ1) is 13.4. The van der Waals surface area contributed by atoms with Crippen LogP contribution in [-0.2, 0) is 10.0 Å². The van der Waals surface area contributed by atoms with E-state index in [0.29, 0.717) is 24.5 Å². The molecule has 0 spiro atoms. The van der Waals surface area contributed by atoms with Crippen LogP contribution >= 0.6 is 0 Å². The molecule has 1 heterocycles. The molecular weight excluding hydrogens is 380 g/mol. The van der Waals surface area contributed by atoms with Crippen LogP contribution < -0.4 is 18.9 Å². The Morgan fingerprint density at radius 3 is 2.39 bits per heavy atom. The smallest absolute Gasteiger partial charge is 0.244 e. The molecule has 0 amide bonds. The van der Waals surface area contributed by atoms with Gasteiger partial charge in [0.05, 0.1) is 14.2 Å². The van der Waals surface area contributed by atoms with Crippen LogP contribution in [0.25, 0.3) is 0 Å². The lowest BCUT2D eigenvalue weighted by Gasteiger charge is -2.29. The van der Waals surface area contributed by atoms with E-state index in [1.165, 1.54) is 20.3 Å². The van der Waals surface area contributed by atoms with E-state index >= 15 is 0 Å². The van der Waals surface area contributed by atoms with Crippen molar-refractivity contribution in [3.63, 3.8) is 0 Å². The average Bonchev–Trinajstić information content (AvgIpc) is 2.70. The maximum absolute atomic E-state index is 12.8. The first-order valence-corrected chi connectivity index (χ1v) is 10.7. The molecule has 0 radical (unpaired) electrons. The lowest BCUT2D eigenvalue weighted by Crippen LogP contribution is -2.39. The Hall–Kier alpha value is -2.32. The Morgan fingerprint density at radius 1 is 1.04 bits per heavy atom. The Labute approximate surface area is 166 Å². The third kappa shape index (κ3) is 4.94. The van der Waals surface area contributed by atoms with Crippen LogP contribution in [0.3, 0.4) is 0 Å². The zero-order valence-electron chi connectivity index (χ0n) is 16.3. The van der Waals surface area contributed by atoms with E-state index in [0.717, 1.165) is 18.4 Å². The maximum Gasteiger partial charge on any atom is 0.244 e. The molecule has 1 aliphatic rings. The number of hydrogen-bond donors (Lipinski definition) is 1. The molecule has 0 saturated heterocycles. The van der Waals surface area contributed by atoms with Crippen molar-refractivity contribution in [2.75, 3.05) is 14.2 Å². The largest absolute Gasteiger partial charge is 0.497 e. The Bertz CT molecular complexity index is 891. The van der Waals surface area contributed by atoms with Gasteiger partial charge in [-0.1, -0.05) is 6.07 Å². The van der Waals surface area contributed by atoms with Crippen molar-refractivity contribution in [1.82, 2.24) is 9.71 Å². The number of aromatic nitrogens is 1. The summed E-state index contributed by atoms with van der Waals surface area (Å²) < 4.78 is 44.7. The Morgan fingerprint density at radius 2 is 1.79 bits per heavy atom. The van der Waals surface area contributed by atoms with E-state index in [9.17, 15) is 8.42 Å². The minimum Gasteiger partial charge on any atom is -0.497 e. The second-order valence-corrected chi connectivity index (χ2v) is 8.59. The van der Waals surface area contributed by atoms with Crippen LogP contribution in [0, 0.1) is 6.92 Å². The predicted octanol–water partition coefficient (Wildman–Crippen LogP) is 3.08. The summed E-state index contributed by atoms with van der Waals surface area (Å²) >= 11 is 0.